The molecule has 2 heterocycles. The van der Waals surface area contributed by atoms with Gasteiger partial charge in [0.15, 0.2) is 0 Å². The SMILES string of the molecule is CNCC(=Cc1ccc2c(c1)CCN2C(C)=O)B1OC(C)(C)C(C)(C)O1. The molecule has 1 fully saturated rings. The third kappa shape index (κ3) is 3.46. The van der Waals surface area contributed by atoms with E-state index in [-0.39, 0.29) is 24.2 Å². The van der Waals surface area contributed by atoms with Crippen LogP contribution in [0.25, 0.3) is 6.08 Å². The smallest absolute Gasteiger partial charge is 0.400 e. The Morgan fingerprint density at radius 2 is 1.92 bits per heavy atom. The lowest BCUT2D eigenvalue weighted by Gasteiger charge is -2.32. The highest BCUT2D eigenvalue weighted by Gasteiger charge is 2.52. The minimum absolute atomic E-state index is 0.0973. The average molecular weight is 356 g/mol. The van der Waals surface area contributed by atoms with Crippen molar-refractivity contribution in [2.45, 2.75) is 52.2 Å². The number of anilines is 1. The Kier molecular flexibility index (Phi) is 5.03. The maximum absolute atomic E-state index is 11.7. The number of hydrogen-bond acceptors (Lipinski definition) is 4. The zero-order chi connectivity index (χ0) is 19.1. The first-order valence-corrected chi connectivity index (χ1v) is 9.26. The molecule has 1 N–H and O–H groups in total. The van der Waals surface area contributed by atoms with Crippen molar-refractivity contribution in [3.8, 4) is 0 Å². The van der Waals surface area contributed by atoms with Crippen molar-refractivity contribution in [3.05, 3.63) is 34.8 Å². The molecule has 0 atom stereocenters. The highest BCUT2D eigenvalue weighted by molar-refractivity contribution is 6.55. The van der Waals surface area contributed by atoms with E-state index in [0.717, 1.165) is 29.7 Å². The maximum Gasteiger partial charge on any atom is 0.491 e. The van der Waals surface area contributed by atoms with Gasteiger partial charge in [0.25, 0.3) is 0 Å². The Bertz CT molecular complexity index is 727. The summed E-state index contributed by atoms with van der Waals surface area (Å²) < 4.78 is 12.4. The molecule has 3 rings (SSSR count). The Labute approximate surface area is 156 Å². The molecule has 0 unspecified atom stereocenters. The molecule has 0 aliphatic carbocycles. The molecule has 2 aliphatic heterocycles. The first-order chi connectivity index (χ1) is 12.1. The summed E-state index contributed by atoms with van der Waals surface area (Å²) in [6.07, 6.45) is 3.03. The van der Waals surface area contributed by atoms with Crippen LogP contribution >= 0.6 is 0 Å². The second-order valence-corrected chi connectivity index (χ2v) is 8.15. The van der Waals surface area contributed by atoms with Crippen LogP contribution in [0, 0.1) is 0 Å². The molecule has 1 aromatic carbocycles. The minimum atomic E-state index is -0.366. The number of amides is 1. The maximum atomic E-state index is 11.7. The van der Waals surface area contributed by atoms with E-state index in [9.17, 15) is 4.79 Å². The first kappa shape index (κ1) is 19.1. The van der Waals surface area contributed by atoms with Crippen molar-refractivity contribution in [2.24, 2.45) is 0 Å². The van der Waals surface area contributed by atoms with E-state index in [1.54, 1.807) is 6.92 Å². The molecule has 5 nitrogen and oxygen atoms in total. The van der Waals surface area contributed by atoms with Crippen LogP contribution in [-0.2, 0) is 20.5 Å². The van der Waals surface area contributed by atoms with E-state index < -0.39 is 0 Å². The molecule has 1 amide bonds. The molecule has 0 radical (unpaired) electrons. The fourth-order valence-electron chi connectivity index (χ4n) is 3.45. The molecule has 26 heavy (non-hydrogen) atoms. The number of nitrogens with zero attached hydrogens (tertiary/aromatic N) is 1. The molecule has 1 saturated heterocycles. The fourth-order valence-corrected chi connectivity index (χ4v) is 3.45. The molecule has 0 spiro atoms. The van der Waals surface area contributed by atoms with E-state index in [0.29, 0.717) is 6.54 Å². The highest BCUT2D eigenvalue weighted by atomic mass is 16.7. The summed E-state index contributed by atoms with van der Waals surface area (Å²) in [4.78, 5) is 13.6. The summed E-state index contributed by atoms with van der Waals surface area (Å²) in [6.45, 7) is 11.3. The van der Waals surface area contributed by atoms with Crippen molar-refractivity contribution in [1.29, 1.82) is 0 Å². The lowest BCUT2D eigenvalue weighted by atomic mass is 9.77. The molecular formula is C20H29BN2O3. The summed E-state index contributed by atoms with van der Waals surface area (Å²) in [5, 5.41) is 3.21. The van der Waals surface area contributed by atoms with Gasteiger partial charge in [0.1, 0.15) is 0 Å². The first-order valence-electron chi connectivity index (χ1n) is 9.26. The van der Waals surface area contributed by atoms with Crippen LogP contribution in [-0.4, -0.2) is 44.4 Å². The van der Waals surface area contributed by atoms with Crippen LogP contribution in [0.3, 0.4) is 0 Å². The van der Waals surface area contributed by atoms with Gasteiger partial charge in [-0.1, -0.05) is 12.1 Å². The number of carbonyl (C=O) groups is 1. The predicted molar refractivity (Wildman–Crippen MR) is 106 cm³/mol. The number of hydrogen-bond donors (Lipinski definition) is 1. The third-order valence-electron chi connectivity index (χ3n) is 5.67. The quantitative estimate of drug-likeness (QED) is 0.843. The van der Waals surface area contributed by atoms with Crippen molar-refractivity contribution < 1.29 is 14.1 Å². The number of rotatable bonds is 4. The zero-order valence-corrected chi connectivity index (χ0v) is 16.7. The van der Waals surface area contributed by atoms with Gasteiger partial charge in [-0.05, 0) is 69.9 Å². The Hall–Kier alpha value is -1.63. The van der Waals surface area contributed by atoms with E-state index in [1.807, 2.05) is 18.0 Å². The molecule has 140 valence electrons. The predicted octanol–water partition coefficient (Wildman–Crippen LogP) is 2.83. The monoisotopic (exact) mass is 356 g/mol. The van der Waals surface area contributed by atoms with Crippen LogP contribution in [0.15, 0.2) is 23.7 Å². The van der Waals surface area contributed by atoms with E-state index in [4.69, 9.17) is 9.31 Å². The number of likely N-dealkylation sites (N-methyl/N-ethyl adjacent to an activating group) is 1. The Morgan fingerprint density at radius 1 is 1.27 bits per heavy atom. The standard InChI is InChI=1S/C20H29BN2O3/c1-14(24)23-10-9-16-11-15(7-8-18(16)23)12-17(13-22-6)21-25-19(2,3)20(4,5)26-21/h7-8,11-12,22H,9-10,13H2,1-6H3. The van der Waals surface area contributed by atoms with Gasteiger partial charge in [-0.15, -0.1) is 0 Å². The Balaban J connectivity index is 1.88. The lowest BCUT2D eigenvalue weighted by molar-refractivity contribution is -0.116. The van der Waals surface area contributed by atoms with Gasteiger partial charge in [-0.25, -0.2) is 0 Å². The second-order valence-electron chi connectivity index (χ2n) is 8.15. The molecule has 0 bridgehead atoms. The second kappa shape index (κ2) is 6.84. The summed E-state index contributed by atoms with van der Waals surface area (Å²) in [5.74, 6) is 0.0973. The number of benzene rings is 1. The van der Waals surface area contributed by atoms with Crippen molar-refractivity contribution in [3.63, 3.8) is 0 Å². The summed E-state index contributed by atoms with van der Waals surface area (Å²) in [5.41, 5.74) is 3.70. The van der Waals surface area contributed by atoms with Gasteiger partial charge in [0.05, 0.1) is 11.2 Å². The van der Waals surface area contributed by atoms with E-state index >= 15 is 0 Å². The topological polar surface area (TPSA) is 50.8 Å². The number of fused-ring (bicyclic) bond motifs is 1. The largest absolute Gasteiger partial charge is 0.491 e. The van der Waals surface area contributed by atoms with E-state index in [2.05, 4.69) is 51.2 Å². The normalized spacial score (nSPS) is 21.2. The zero-order valence-electron chi connectivity index (χ0n) is 16.7. The summed E-state index contributed by atoms with van der Waals surface area (Å²) in [7, 11) is 1.56. The molecule has 0 saturated carbocycles. The highest BCUT2D eigenvalue weighted by Crippen LogP contribution is 2.39. The number of nitrogens with one attached hydrogen (secondary N) is 1. The van der Waals surface area contributed by atoms with E-state index in [1.165, 1.54) is 5.56 Å². The van der Waals surface area contributed by atoms with Gasteiger partial charge < -0.3 is 19.5 Å². The molecule has 2 aliphatic rings. The van der Waals surface area contributed by atoms with Gasteiger partial charge in [-0.2, -0.15) is 0 Å². The van der Waals surface area contributed by atoms with Crippen LogP contribution in [0.2, 0.25) is 0 Å². The van der Waals surface area contributed by atoms with Crippen LogP contribution in [0.4, 0.5) is 5.69 Å². The Morgan fingerprint density at radius 3 is 2.50 bits per heavy atom. The van der Waals surface area contributed by atoms with Crippen LogP contribution in [0.5, 0.6) is 0 Å². The average Bonchev–Trinajstić information content (AvgIpc) is 3.05. The van der Waals surface area contributed by atoms with Crippen LogP contribution < -0.4 is 10.2 Å². The van der Waals surface area contributed by atoms with Crippen molar-refractivity contribution in [2.75, 3.05) is 25.0 Å². The molecule has 1 aromatic rings. The molecular weight excluding hydrogens is 327 g/mol. The minimum Gasteiger partial charge on any atom is -0.400 e. The molecule has 0 aromatic heterocycles. The van der Waals surface area contributed by atoms with Crippen molar-refractivity contribution in [1.82, 2.24) is 5.32 Å². The lowest BCUT2D eigenvalue weighted by Crippen LogP contribution is -2.41. The number of carbonyl (C=O) groups excluding carboxylic acids is 1. The summed E-state index contributed by atoms with van der Waals surface area (Å²) in [6, 6.07) is 6.26. The van der Waals surface area contributed by atoms with Gasteiger partial charge in [0, 0.05) is 25.7 Å². The third-order valence-corrected chi connectivity index (χ3v) is 5.67. The van der Waals surface area contributed by atoms with Gasteiger partial charge in [-0.3, -0.25) is 4.79 Å². The van der Waals surface area contributed by atoms with Gasteiger partial charge >= 0.3 is 7.12 Å². The molecule has 6 heteroatoms. The van der Waals surface area contributed by atoms with Crippen molar-refractivity contribution >= 4 is 24.8 Å². The summed E-state index contributed by atoms with van der Waals surface area (Å²) >= 11 is 0. The fraction of sp³-hybridized carbons (Fsp3) is 0.550. The van der Waals surface area contributed by atoms with Crippen LogP contribution in [0.1, 0.15) is 45.7 Å². The van der Waals surface area contributed by atoms with Gasteiger partial charge in [0.2, 0.25) is 5.91 Å².